The van der Waals surface area contributed by atoms with E-state index in [0.29, 0.717) is 12.1 Å². The maximum atomic E-state index is 11.9. The predicted molar refractivity (Wildman–Crippen MR) is 68.1 cm³/mol. The lowest BCUT2D eigenvalue weighted by Gasteiger charge is -2.20. The maximum absolute atomic E-state index is 11.9. The summed E-state index contributed by atoms with van der Waals surface area (Å²) in [5, 5.41) is 8.52. The Morgan fingerprint density at radius 3 is 2.18 bits per heavy atom. The van der Waals surface area contributed by atoms with Gasteiger partial charge in [0.25, 0.3) is 0 Å². The summed E-state index contributed by atoms with van der Waals surface area (Å²) in [7, 11) is -3.39. The van der Waals surface area contributed by atoms with Gasteiger partial charge in [0, 0.05) is 5.69 Å². The van der Waals surface area contributed by atoms with Crippen molar-refractivity contribution in [2.24, 2.45) is 0 Å². The Hall–Kier alpha value is -1.54. The number of hydrogen-bond donors (Lipinski definition) is 1. The molecule has 0 saturated carbocycles. The highest BCUT2D eigenvalue weighted by molar-refractivity contribution is 7.94. The van der Waals surface area contributed by atoms with Crippen molar-refractivity contribution >= 4 is 15.7 Å². The Balaban J connectivity index is 2.88. The van der Waals surface area contributed by atoms with Crippen LogP contribution in [0.15, 0.2) is 24.3 Å². The summed E-state index contributed by atoms with van der Waals surface area (Å²) in [6.45, 7) is 4.91. The highest BCUT2D eigenvalue weighted by Crippen LogP contribution is 2.19. The van der Waals surface area contributed by atoms with Crippen molar-refractivity contribution in [3.05, 3.63) is 29.8 Å². The third-order valence-electron chi connectivity index (χ3n) is 2.30. The molecule has 1 aromatic rings. The molecule has 0 heterocycles. The lowest BCUT2D eigenvalue weighted by molar-refractivity contribution is 0.566. The molecule has 5 heteroatoms. The minimum Gasteiger partial charge on any atom is -0.283 e. The van der Waals surface area contributed by atoms with Crippen LogP contribution in [0.4, 0.5) is 5.69 Å². The van der Waals surface area contributed by atoms with Crippen LogP contribution in [0.25, 0.3) is 0 Å². The first kappa shape index (κ1) is 13.5. The third-order valence-corrected chi connectivity index (χ3v) is 4.41. The molecule has 1 N–H and O–H groups in total. The first-order valence-corrected chi connectivity index (χ1v) is 6.73. The maximum Gasteiger partial charge on any atom is 0.237 e. The van der Waals surface area contributed by atoms with Gasteiger partial charge < -0.3 is 0 Å². The van der Waals surface area contributed by atoms with E-state index < -0.39 is 14.8 Å². The molecule has 17 heavy (non-hydrogen) atoms. The predicted octanol–water partition coefficient (Wildman–Crippen LogP) is 2.29. The van der Waals surface area contributed by atoms with Crippen LogP contribution in [-0.4, -0.2) is 13.2 Å². The summed E-state index contributed by atoms with van der Waals surface area (Å²) in [6.07, 6.45) is 0.326. The fraction of sp³-hybridized carbons (Fsp3) is 0.417. The van der Waals surface area contributed by atoms with Crippen molar-refractivity contribution < 1.29 is 8.42 Å². The quantitative estimate of drug-likeness (QED) is 0.897. The number of anilines is 1. The van der Waals surface area contributed by atoms with Crippen molar-refractivity contribution in [2.45, 2.75) is 31.9 Å². The van der Waals surface area contributed by atoms with Crippen molar-refractivity contribution in [3.8, 4) is 6.07 Å². The van der Waals surface area contributed by atoms with Crippen LogP contribution >= 0.6 is 0 Å². The van der Waals surface area contributed by atoms with Crippen molar-refractivity contribution in [1.29, 1.82) is 5.26 Å². The highest BCUT2D eigenvalue weighted by atomic mass is 32.2. The number of benzene rings is 1. The summed E-state index contributed by atoms with van der Waals surface area (Å²) in [6, 6.07) is 8.84. The lowest BCUT2D eigenvalue weighted by atomic mass is 10.1. The van der Waals surface area contributed by atoms with E-state index >= 15 is 0 Å². The first-order chi connectivity index (χ1) is 7.76. The lowest BCUT2D eigenvalue weighted by Crippen LogP contribution is -2.33. The van der Waals surface area contributed by atoms with E-state index in [1.807, 2.05) is 6.07 Å². The molecular weight excluding hydrogens is 236 g/mol. The van der Waals surface area contributed by atoms with Crippen LogP contribution in [0.3, 0.4) is 0 Å². The summed E-state index contributed by atoms with van der Waals surface area (Å²) < 4.78 is 25.4. The van der Waals surface area contributed by atoms with Crippen LogP contribution in [0.1, 0.15) is 26.3 Å². The Labute approximate surface area is 102 Å². The average molecular weight is 252 g/mol. The first-order valence-electron chi connectivity index (χ1n) is 5.24. The molecule has 0 aliphatic heterocycles. The van der Waals surface area contributed by atoms with Gasteiger partial charge in [-0.05, 0) is 38.5 Å². The number of hydrogen-bond acceptors (Lipinski definition) is 3. The minimum atomic E-state index is -3.39. The van der Waals surface area contributed by atoms with Gasteiger partial charge in [-0.3, -0.25) is 4.72 Å². The van der Waals surface area contributed by atoms with Gasteiger partial charge in [0.1, 0.15) is 0 Å². The summed E-state index contributed by atoms with van der Waals surface area (Å²) >= 11 is 0. The molecule has 4 nitrogen and oxygen atoms in total. The summed E-state index contributed by atoms with van der Waals surface area (Å²) in [4.78, 5) is 0. The Morgan fingerprint density at radius 1 is 1.24 bits per heavy atom. The zero-order chi connectivity index (χ0) is 13.1. The fourth-order valence-electron chi connectivity index (χ4n) is 1.09. The van der Waals surface area contributed by atoms with Crippen LogP contribution < -0.4 is 4.72 Å². The monoisotopic (exact) mass is 252 g/mol. The molecule has 0 atom stereocenters. The van der Waals surface area contributed by atoms with Crippen LogP contribution in [0.5, 0.6) is 0 Å². The second-order valence-electron chi connectivity index (χ2n) is 4.75. The molecule has 0 aliphatic rings. The molecule has 0 bridgehead atoms. The average Bonchev–Trinajstić information content (AvgIpc) is 2.19. The van der Waals surface area contributed by atoms with Crippen molar-refractivity contribution in [3.63, 3.8) is 0 Å². The molecule has 1 rings (SSSR count). The second-order valence-corrected chi connectivity index (χ2v) is 7.19. The zero-order valence-electron chi connectivity index (χ0n) is 10.2. The van der Waals surface area contributed by atoms with Crippen LogP contribution in [0.2, 0.25) is 0 Å². The summed E-state index contributed by atoms with van der Waals surface area (Å²) in [5.74, 6) is 0. The summed E-state index contributed by atoms with van der Waals surface area (Å²) in [5.41, 5.74) is 1.38. The molecule has 0 spiro atoms. The molecule has 1 aromatic carbocycles. The molecule has 0 aliphatic carbocycles. The van der Waals surface area contributed by atoms with Gasteiger partial charge in [0.05, 0.1) is 17.2 Å². The molecule has 0 aromatic heterocycles. The normalized spacial score (nSPS) is 11.9. The Bertz CT molecular complexity index is 519. The number of nitrogens with zero attached hydrogens (tertiary/aromatic N) is 1. The highest BCUT2D eigenvalue weighted by Gasteiger charge is 2.28. The number of rotatable bonds is 3. The third kappa shape index (κ3) is 3.46. The van der Waals surface area contributed by atoms with Gasteiger partial charge in [-0.25, -0.2) is 8.42 Å². The molecule has 0 unspecified atom stereocenters. The number of nitriles is 1. The largest absolute Gasteiger partial charge is 0.283 e. The van der Waals surface area contributed by atoms with Crippen molar-refractivity contribution in [1.82, 2.24) is 0 Å². The number of sulfonamides is 1. The molecule has 0 fully saturated rings. The van der Waals surface area contributed by atoms with E-state index in [4.69, 9.17) is 5.26 Å². The second kappa shape index (κ2) is 4.76. The number of nitrogens with one attached hydrogen (secondary N) is 1. The van der Waals surface area contributed by atoms with Crippen LogP contribution in [-0.2, 0) is 16.4 Å². The van der Waals surface area contributed by atoms with E-state index in [0.717, 1.165) is 5.56 Å². The molecule has 0 radical (unpaired) electrons. The van der Waals surface area contributed by atoms with Gasteiger partial charge in [-0.2, -0.15) is 5.26 Å². The van der Waals surface area contributed by atoms with E-state index in [1.165, 1.54) is 0 Å². The van der Waals surface area contributed by atoms with Gasteiger partial charge in [-0.1, -0.05) is 12.1 Å². The minimum absolute atomic E-state index is 0.326. The Kier molecular flexibility index (Phi) is 3.79. The van der Waals surface area contributed by atoms with Crippen molar-refractivity contribution in [2.75, 3.05) is 4.72 Å². The van der Waals surface area contributed by atoms with E-state index in [1.54, 1.807) is 45.0 Å². The SMILES string of the molecule is CC(C)(C)S(=O)(=O)Nc1ccc(CC#N)cc1. The fourth-order valence-corrected chi connectivity index (χ4v) is 1.84. The van der Waals surface area contributed by atoms with E-state index in [2.05, 4.69) is 4.72 Å². The van der Waals surface area contributed by atoms with Gasteiger partial charge >= 0.3 is 0 Å². The van der Waals surface area contributed by atoms with Gasteiger partial charge in [0.2, 0.25) is 10.0 Å². The van der Waals surface area contributed by atoms with Crippen LogP contribution in [0, 0.1) is 11.3 Å². The zero-order valence-corrected chi connectivity index (χ0v) is 11.0. The Morgan fingerprint density at radius 2 is 1.76 bits per heavy atom. The molecule has 0 saturated heterocycles. The molecule has 0 amide bonds. The van der Waals surface area contributed by atoms with Gasteiger partial charge in [0.15, 0.2) is 0 Å². The van der Waals surface area contributed by atoms with E-state index in [9.17, 15) is 8.42 Å². The smallest absolute Gasteiger partial charge is 0.237 e. The molecule has 92 valence electrons. The standard InChI is InChI=1S/C12H16N2O2S/c1-12(2,3)17(15,16)14-11-6-4-10(5-7-11)8-9-13/h4-7,14H,8H2,1-3H3. The topological polar surface area (TPSA) is 70.0 Å². The van der Waals surface area contributed by atoms with E-state index in [-0.39, 0.29) is 0 Å². The molecular formula is C12H16N2O2S. The van der Waals surface area contributed by atoms with Gasteiger partial charge in [-0.15, -0.1) is 0 Å².